The fourth-order valence-corrected chi connectivity index (χ4v) is 2.36. The summed E-state index contributed by atoms with van der Waals surface area (Å²) >= 11 is 0. The Morgan fingerprint density at radius 2 is 1.77 bits per heavy atom. The third-order valence-electron chi connectivity index (χ3n) is 3.37. The molecule has 22 heavy (non-hydrogen) atoms. The van der Waals surface area contributed by atoms with Crippen LogP contribution in [0.5, 0.6) is 0 Å². The molecule has 1 aromatic heterocycles. The first kappa shape index (κ1) is 14.0. The predicted octanol–water partition coefficient (Wildman–Crippen LogP) is 2.81. The van der Waals surface area contributed by atoms with Gasteiger partial charge in [0, 0.05) is 22.0 Å². The molecule has 0 unspecified atom stereocenters. The van der Waals surface area contributed by atoms with E-state index in [1.54, 1.807) is 38.1 Å². The van der Waals surface area contributed by atoms with Gasteiger partial charge in [-0.3, -0.25) is 9.59 Å². The molecule has 0 fully saturated rings. The minimum absolute atomic E-state index is 0.0887. The number of rotatable bonds is 2. The molecule has 5 heteroatoms. The highest BCUT2D eigenvalue weighted by atomic mass is 16.2. The Labute approximate surface area is 126 Å². The second-order valence-electron chi connectivity index (χ2n) is 5.23. The van der Waals surface area contributed by atoms with E-state index in [1.165, 1.54) is 0 Å². The van der Waals surface area contributed by atoms with Gasteiger partial charge in [-0.15, -0.1) is 0 Å². The minimum atomic E-state index is -0.349. The number of para-hydroxylation sites is 2. The Hall–Kier alpha value is -2.95. The quantitative estimate of drug-likeness (QED) is 0.433. The lowest BCUT2D eigenvalue weighted by Crippen LogP contribution is -2.20. The molecule has 2 aromatic carbocycles. The van der Waals surface area contributed by atoms with Crippen LogP contribution in [-0.2, 0) is 0 Å². The van der Waals surface area contributed by atoms with Crippen molar-refractivity contribution in [3.63, 3.8) is 0 Å². The molecule has 1 amide bonds. The second kappa shape index (κ2) is 5.44. The van der Waals surface area contributed by atoms with Gasteiger partial charge in [0.25, 0.3) is 5.91 Å². The lowest BCUT2D eigenvalue weighted by molar-refractivity contribution is 0.0956. The van der Waals surface area contributed by atoms with Crippen molar-refractivity contribution in [1.82, 2.24) is 10.4 Å². The highest BCUT2D eigenvalue weighted by molar-refractivity contribution is 6.07. The van der Waals surface area contributed by atoms with Crippen molar-refractivity contribution in [3.05, 3.63) is 58.3 Å². The van der Waals surface area contributed by atoms with Crippen molar-refractivity contribution in [3.8, 4) is 0 Å². The average molecular weight is 293 g/mol. The summed E-state index contributed by atoms with van der Waals surface area (Å²) in [5, 5.41) is 5.01. The molecule has 0 spiro atoms. The fourth-order valence-electron chi connectivity index (χ4n) is 2.36. The molecule has 0 atom stereocenters. The monoisotopic (exact) mass is 293 g/mol. The first-order valence-electron chi connectivity index (χ1n) is 6.93. The minimum Gasteiger partial charge on any atom is -0.354 e. The Balaban J connectivity index is 2.26. The lowest BCUT2D eigenvalue weighted by Gasteiger charge is -2.07. The second-order valence-corrected chi connectivity index (χ2v) is 5.23. The first-order chi connectivity index (χ1) is 10.6. The third-order valence-corrected chi connectivity index (χ3v) is 3.37. The molecule has 0 aliphatic rings. The van der Waals surface area contributed by atoms with Gasteiger partial charge in [-0.05, 0) is 38.1 Å². The van der Waals surface area contributed by atoms with Crippen LogP contribution in [0.4, 0.5) is 0 Å². The standard InChI is InChI=1S/C17H15N3O2/c1-10(2)19-20-17(22)13-8-5-7-12-15(13)18-14-9-4-3-6-11(14)16(12)21/h3-9H,1-2H3,(H,18,21)(H,20,22). The number of amides is 1. The number of hydrogen-bond donors (Lipinski definition) is 2. The summed E-state index contributed by atoms with van der Waals surface area (Å²) in [6.45, 7) is 3.58. The van der Waals surface area contributed by atoms with Gasteiger partial charge >= 0.3 is 0 Å². The first-order valence-corrected chi connectivity index (χ1v) is 6.93. The van der Waals surface area contributed by atoms with E-state index in [0.717, 1.165) is 5.71 Å². The van der Waals surface area contributed by atoms with Crippen LogP contribution in [-0.4, -0.2) is 16.6 Å². The van der Waals surface area contributed by atoms with E-state index in [4.69, 9.17) is 0 Å². The summed E-state index contributed by atoms with van der Waals surface area (Å²) in [5.41, 5.74) is 4.76. The summed E-state index contributed by atoms with van der Waals surface area (Å²) in [7, 11) is 0. The van der Waals surface area contributed by atoms with Crippen LogP contribution in [0, 0.1) is 0 Å². The lowest BCUT2D eigenvalue weighted by atomic mass is 10.1. The van der Waals surface area contributed by atoms with Gasteiger partial charge in [-0.25, -0.2) is 5.43 Å². The molecule has 110 valence electrons. The molecular formula is C17H15N3O2. The Morgan fingerprint density at radius 1 is 1.05 bits per heavy atom. The van der Waals surface area contributed by atoms with E-state index < -0.39 is 0 Å². The topological polar surface area (TPSA) is 74.3 Å². The van der Waals surface area contributed by atoms with Crippen LogP contribution < -0.4 is 10.9 Å². The van der Waals surface area contributed by atoms with Gasteiger partial charge < -0.3 is 4.98 Å². The van der Waals surface area contributed by atoms with Gasteiger partial charge in [-0.2, -0.15) is 5.10 Å². The van der Waals surface area contributed by atoms with E-state index >= 15 is 0 Å². The molecule has 0 bridgehead atoms. The zero-order chi connectivity index (χ0) is 15.7. The number of hydrazone groups is 1. The van der Waals surface area contributed by atoms with Crippen LogP contribution >= 0.6 is 0 Å². The maximum atomic E-state index is 12.5. The number of carbonyl (C=O) groups excluding carboxylic acids is 1. The fraction of sp³-hybridized carbons (Fsp3) is 0.118. The van der Waals surface area contributed by atoms with Crippen molar-refractivity contribution in [1.29, 1.82) is 0 Å². The summed E-state index contributed by atoms with van der Waals surface area (Å²) < 4.78 is 0. The number of fused-ring (bicyclic) bond motifs is 2. The summed E-state index contributed by atoms with van der Waals surface area (Å²) in [5.74, 6) is -0.349. The van der Waals surface area contributed by atoms with Gasteiger partial charge in [0.15, 0.2) is 5.43 Å². The maximum Gasteiger partial charge on any atom is 0.273 e. The van der Waals surface area contributed by atoms with E-state index in [2.05, 4.69) is 15.5 Å². The number of pyridine rings is 1. The van der Waals surface area contributed by atoms with Crippen molar-refractivity contribution < 1.29 is 4.79 Å². The normalized spacial score (nSPS) is 10.6. The van der Waals surface area contributed by atoms with Gasteiger partial charge in [0.2, 0.25) is 0 Å². The largest absolute Gasteiger partial charge is 0.354 e. The van der Waals surface area contributed by atoms with Gasteiger partial charge in [0.1, 0.15) is 0 Å². The number of H-pyrrole nitrogens is 1. The smallest absolute Gasteiger partial charge is 0.273 e. The van der Waals surface area contributed by atoms with Crippen molar-refractivity contribution in [2.75, 3.05) is 0 Å². The zero-order valence-electron chi connectivity index (χ0n) is 12.3. The highest BCUT2D eigenvalue weighted by Crippen LogP contribution is 2.18. The Morgan fingerprint density at radius 3 is 2.55 bits per heavy atom. The van der Waals surface area contributed by atoms with Crippen LogP contribution in [0.3, 0.4) is 0 Å². The van der Waals surface area contributed by atoms with E-state index in [1.807, 2.05) is 18.2 Å². The molecule has 0 saturated heterocycles. The van der Waals surface area contributed by atoms with Crippen LogP contribution in [0.25, 0.3) is 21.8 Å². The number of nitrogens with one attached hydrogen (secondary N) is 2. The van der Waals surface area contributed by atoms with Crippen LogP contribution in [0.1, 0.15) is 24.2 Å². The molecule has 1 heterocycles. The highest BCUT2D eigenvalue weighted by Gasteiger charge is 2.13. The summed E-state index contributed by atoms with van der Waals surface area (Å²) in [4.78, 5) is 28.0. The van der Waals surface area contributed by atoms with Crippen molar-refractivity contribution in [2.45, 2.75) is 13.8 Å². The number of benzene rings is 2. The van der Waals surface area contributed by atoms with Gasteiger partial charge in [-0.1, -0.05) is 18.2 Å². The molecule has 3 rings (SSSR count). The Kier molecular flexibility index (Phi) is 3.47. The summed E-state index contributed by atoms with van der Waals surface area (Å²) in [6.07, 6.45) is 0. The van der Waals surface area contributed by atoms with Crippen LogP contribution in [0.2, 0.25) is 0 Å². The van der Waals surface area contributed by atoms with Crippen molar-refractivity contribution in [2.24, 2.45) is 5.10 Å². The third kappa shape index (κ3) is 2.37. The number of nitrogens with zero attached hydrogens (tertiary/aromatic N) is 1. The van der Waals surface area contributed by atoms with Crippen LogP contribution in [0.15, 0.2) is 52.4 Å². The molecule has 2 N–H and O–H groups in total. The van der Waals surface area contributed by atoms with Crippen molar-refractivity contribution >= 4 is 33.4 Å². The number of aromatic amines is 1. The maximum absolute atomic E-state index is 12.5. The number of hydrogen-bond acceptors (Lipinski definition) is 3. The number of aromatic nitrogens is 1. The van der Waals surface area contributed by atoms with Gasteiger partial charge in [0.05, 0.1) is 11.1 Å². The molecule has 0 radical (unpaired) electrons. The molecule has 0 saturated carbocycles. The Bertz CT molecular complexity index is 966. The molecular weight excluding hydrogens is 278 g/mol. The number of carbonyl (C=O) groups is 1. The van der Waals surface area contributed by atoms with E-state index in [9.17, 15) is 9.59 Å². The molecule has 0 aliphatic carbocycles. The zero-order valence-corrected chi connectivity index (χ0v) is 12.3. The SMILES string of the molecule is CC(C)=NNC(=O)c1cccc2c(=O)c3ccccc3[nH]c12. The molecule has 5 nitrogen and oxygen atoms in total. The molecule has 3 aromatic rings. The van der Waals surface area contributed by atoms with E-state index in [-0.39, 0.29) is 11.3 Å². The molecule has 0 aliphatic heterocycles. The predicted molar refractivity (Wildman–Crippen MR) is 88.3 cm³/mol. The average Bonchev–Trinajstić information content (AvgIpc) is 2.52. The summed E-state index contributed by atoms with van der Waals surface area (Å²) in [6, 6.07) is 12.3. The van der Waals surface area contributed by atoms with E-state index in [0.29, 0.717) is 27.4 Å².